The molecular formula is C14H15NO2S2. The van der Waals surface area contributed by atoms with Crippen LogP contribution in [0.25, 0.3) is 0 Å². The molecule has 1 aromatic carbocycles. The summed E-state index contributed by atoms with van der Waals surface area (Å²) in [4.78, 5) is 14.3. The van der Waals surface area contributed by atoms with Crippen LogP contribution in [0, 0.1) is 0 Å². The molecule has 0 atom stereocenters. The summed E-state index contributed by atoms with van der Waals surface area (Å²) in [5.41, 5.74) is 1.20. The van der Waals surface area contributed by atoms with Crippen LogP contribution in [0.5, 0.6) is 0 Å². The molecular weight excluding hydrogens is 278 g/mol. The summed E-state index contributed by atoms with van der Waals surface area (Å²) in [7, 11) is 0. The average molecular weight is 293 g/mol. The van der Waals surface area contributed by atoms with E-state index in [0.717, 1.165) is 6.42 Å². The molecule has 0 saturated carbocycles. The lowest BCUT2D eigenvalue weighted by atomic mass is 10.1. The first-order chi connectivity index (χ1) is 9.22. The number of rotatable bonds is 5. The number of amides is 1. The van der Waals surface area contributed by atoms with Crippen molar-refractivity contribution in [2.75, 3.05) is 13.2 Å². The Labute approximate surface area is 122 Å². The van der Waals surface area contributed by atoms with Gasteiger partial charge in [-0.3, -0.25) is 9.69 Å². The van der Waals surface area contributed by atoms with Crippen molar-refractivity contribution in [3.8, 4) is 0 Å². The molecule has 1 aromatic rings. The topological polar surface area (TPSA) is 29.5 Å². The Bertz CT molecular complexity index is 499. The molecule has 0 bridgehead atoms. The zero-order valence-corrected chi connectivity index (χ0v) is 12.3. The highest BCUT2D eigenvalue weighted by atomic mass is 32.2. The van der Waals surface area contributed by atoms with Crippen LogP contribution < -0.4 is 0 Å². The van der Waals surface area contributed by atoms with Crippen molar-refractivity contribution >= 4 is 34.2 Å². The molecule has 0 aliphatic carbocycles. The van der Waals surface area contributed by atoms with Gasteiger partial charge >= 0.3 is 0 Å². The molecule has 1 aliphatic heterocycles. The van der Waals surface area contributed by atoms with Crippen LogP contribution in [-0.2, 0) is 16.0 Å². The quantitative estimate of drug-likeness (QED) is 0.474. The first-order valence-electron chi connectivity index (χ1n) is 6.11. The Kier molecular flexibility index (Phi) is 4.99. The van der Waals surface area contributed by atoms with Crippen molar-refractivity contribution in [3.63, 3.8) is 0 Å². The molecule has 3 nitrogen and oxygen atoms in total. The van der Waals surface area contributed by atoms with Crippen LogP contribution in [0.15, 0.2) is 41.5 Å². The minimum absolute atomic E-state index is 0.0561. The second kappa shape index (κ2) is 6.73. The smallest absolute Gasteiger partial charge is 0.269 e. The Morgan fingerprint density at radius 3 is 2.79 bits per heavy atom. The summed E-state index contributed by atoms with van der Waals surface area (Å²) < 4.78 is 5.76. The number of hydrogen-bond acceptors (Lipinski definition) is 4. The van der Waals surface area contributed by atoms with E-state index < -0.39 is 0 Å². The van der Waals surface area contributed by atoms with E-state index in [9.17, 15) is 4.79 Å². The van der Waals surface area contributed by atoms with Gasteiger partial charge in [-0.25, -0.2) is 0 Å². The van der Waals surface area contributed by atoms with Crippen LogP contribution in [0.1, 0.15) is 12.5 Å². The van der Waals surface area contributed by atoms with E-state index in [0.29, 0.717) is 22.4 Å². The number of nitrogens with zero attached hydrogens (tertiary/aromatic N) is 1. The Balaban J connectivity index is 1.97. The molecule has 1 aliphatic rings. The van der Waals surface area contributed by atoms with Crippen molar-refractivity contribution in [1.29, 1.82) is 0 Å². The Morgan fingerprint density at radius 1 is 1.37 bits per heavy atom. The number of ether oxygens (including phenoxy) is 1. The van der Waals surface area contributed by atoms with Gasteiger partial charge < -0.3 is 4.74 Å². The third kappa shape index (κ3) is 3.58. The van der Waals surface area contributed by atoms with E-state index >= 15 is 0 Å². The molecule has 0 N–H and O–H groups in total. The predicted octanol–water partition coefficient (Wildman–Crippen LogP) is 2.97. The molecule has 1 saturated heterocycles. The van der Waals surface area contributed by atoms with Gasteiger partial charge in [-0.2, -0.15) is 0 Å². The second-order valence-corrected chi connectivity index (χ2v) is 5.67. The molecule has 19 heavy (non-hydrogen) atoms. The lowest BCUT2D eigenvalue weighted by Crippen LogP contribution is -2.30. The number of thioether (sulfide) groups is 1. The number of hydrogen-bond donors (Lipinski definition) is 0. The fourth-order valence-electron chi connectivity index (χ4n) is 1.72. The third-order valence-corrected chi connectivity index (χ3v) is 4.05. The van der Waals surface area contributed by atoms with Gasteiger partial charge in [0.05, 0.1) is 6.61 Å². The summed E-state index contributed by atoms with van der Waals surface area (Å²) >= 11 is 6.53. The van der Waals surface area contributed by atoms with Crippen molar-refractivity contribution in [3.05, 3.63) is 47.1 Å². The highest BCUT2D eigenvalue weighted by molar-refractivity contribution is 8.26. The molecule has 2 rings (SSSR count). The summed E-state index contributed by atoms with van der Waals surface area (Å²) in [6.45, 7) is 3.04. The number of benzene rings is 1. The average Bonchev–Trinajstić information content (AvgIpc) is 2.70. The standard InChI is InChI=1S/C14H15NO2S2/c1-2-17-10-12-13(16)15(14(18)19-12)9-8-11-6-4-3-5-7-11/h3-7,10H,2,8-9H2,1H3/b12-10-. The predicted molar refractivity (Wildman–Crippen MR) is 81.8 cm³/mol. The van der Waals surface area contributed by atoms with Crippen LogP contribution in [0.4, 0.5) is 0 Å². The van der Waals surface area contributed by atoms with E-state index in [2.05, 4.69) is 0 Å². The van der Waals surface area contributed by atoms with E-state index in [1.54, 1.807) is 4.90 Å². The first-order valence-corrected chi connectivity index (χ1v) is 7.34. The minimum atomic E-state index is -0.0561. The van der Waals surface area contributed by atoms with Gasteiger partial charge in [-0.15, -0.1) is 0 Å². The van der Waals surface area contributed by atoms with Crippen LogP contribution in [0.3, 0.4) is 0 Å². The van der Waals surface area contributed by atoms with Gasteiger partial charge in [0, 0.05) is 6.54 Å². The molecule has 1 fully saturated rings. The van der Waals surface area contributed by atoms with Gasteiger partial charge in [-0.05, 0) is 18.9 Å². The zero-order chi connectivity index (χ0) is 13.7. The molecule has 0 unspecified atom stereocenters. The second-order valence-electron chi connectivity index (χ2n) is 4.00. The number of carbonyl (C=O) groups excluding carboxylic acids is 1. The Morgan fingerprint density at radius 2 is 2.11 bits per heavy atom. The van der Waals surface area contributed by atoms with E-state index in [-0.39, 0.29) is 5.91 Å². The Hall–Kier alpha value is -1.33. The molecule has 0 spiro atoms. The molecule has 100 valence electrons. The maximum absolute atomic E-state index is 12.1. The van der Waals surface area contributed by atoms with Gasteiger partial charge in [-0.1, -0.05) is 54.3 Å². The summed E-state index contributed by atoms with van der Waals surface area (Å²) in [5, 5.41) is 0. The minimum Gasteiger partial charge on any atom is -0.500 e. The van der Waals surface area contributed by atoms with E-state index in [4.69, 9.17) is 17.0 Å². The molecule has 5 heteroatoms. The van der Waals surface area contributed by atoms with Crippen molar-refractivity contribution in [2.45, 2.75) is 13.3 Å². The fourth-order valence-corrected chi connectivity index (χ4v) is 2.95. The molecule has 1 heterocycles. The van der Waals surface area contributed by atoms with Crippen LogP contribution in [-0.4, -0.2) is 28.3 Å². The van der Waals surface area contributed by atoms with Gasteiger partial charge in [0.15, 0.2) is 0 Å². The summed E-state index contributed by atoms with van der Waals surface area (Å²) in [6, 6.07) is 10.1. The fraction of sp³-hybridized carbons (Fsp3) is 0.286. The molecule has 0 aromatic heterocycles. The monoisotopic (exact) mass is 293 g/mol. The summed E-state index contributed by atoms with van der Waals surface area (Å²) in [6.07, 6.45) is 2.30. The zero-order valence-electron chi connectivity index (χ0n) is 10.7. The number of thiocarbonyl (C=S) groups is 1. The van der Waals surface area contributed by atoms with E-state index in [1.807, 2.05) is 37.3 Å². The number of carbonyl (C=O) groups is 1. The maximum atomic E-state index is 12.1. The van der Waals surface area contributed by atoms with Gasteiger partial charge in [0.2, 0.25) is 0 Å². The normalized spacial score (nSPS) is 17.3. The van der Waals surface area contributed by atoms with Crippen LogP contribution >= 0.6 is 24.0 Å². The van der Waals surface area contributed by atoms with Crippen molar-refractivity contribution in [1.82, 2.24) is 4.90 Å². The highest BCUT2D eigenvalue weighted by Crippen LogP contribution is 2.30. The van der Waals surface area contributed by atoms with Crippen molar-refractivity contribution in [2.24, 2.45) is 0 Å². The SMILES string of the molecule is CCO/C=C1\SC(=S)N(CCc2ccccc2)C1=O. The van der Waals surface area contributed by atoms with Gasteiger partial charge in [0.25, 0.3) is 5.91 Å². The lowest BCUT2D eigenvalue weighted by molar-refractivity contribution is -0.122. The molecule has 0 radical (unpaired) electrons. The lowest BCUT2D eigenvalue weighted by Gasteiger charge is -2.14. The molecule has 1 amide bonds. The summed E-state index contributed by atoms with van der Waals surface area (Å²) in [5.74, 6) is -0.0561. The van der Waals surface area contributed by atoms with E-state index in [1.165, 1.54) is 23.6 Å². The third-order valence-electron chi connectivity index (χ3n) is 2.70. The highest BCUT2D eigenvalue weighted by Gasteiger charge is 2.32. The maximum Gasteiger partial charge on any atom is 0.269 e. The van der Waals surface area contributed by atoms with Crippen molar-refractivity contribution < 1.29 is 9.53 Å². The first kappa shape index (κ1) is 14.1. The van der Waals surface area contributed by atoms with Gasteiger partial charge in [0.1, 0.15) is 15.5 Å². The largest absolute Gasteiger partial charge is 0.500 e. The van der Waals surface area contributed by atoms with Crippen LogP contribution in [0.2, 0.25) is 0 Å².